The maximum Gasteiger partial charge on any atom is 0.274 e. The summed E-state index contributed by atoms with van der Waals surface area (Å²) in [5, 5.41) is 30.3. The van der Waals surface area contributed by atoms with Gasteiger partial charge in [0.2, 0.25) is 0 Å². The average Bonchev–Trinajstić information content (AvgIpc) is 2.75. The summed E-state index contributed by atoms with van der Waals surface area (Å²) in [6.45, 7) is 1.83. The van der Waals surface area contributed by atoms with Crippen molar-refractivity contribution in [2.75, 3.05) is 18.6 Å². The van der Waals surface area contributed by atoms with E-state index in [0.29, 0.717) is 6.54 Å². The molecule has 6 heteroatoms. The SMILES string of the molecule is CN1C(=O)C(C)(O)CN1c1ccccc1.Oc1ccc(O)cc1. The summed E-state index contributed by atoms with van der Waals surface area (Å²) >= 11 is 0. The Hall–Kier alpha value is -2.73. The number of para-hydroxylation sites is 1. The van der Waals surface area contributed by atoms with Crippen LogP contribution in [-0.4, -0.2) is 45.4 Å². The Morgan fingerprint density at radius 1 is 0.957 bits per heavy atom. The number of anilines is 1. The highest BCUT2D eigenvalue weighted by Gasteiger charge is 2.44. The zero-order valence-electron chi connectivity index (χ0n) is 13.0. The van der Waals surface area contributed by atoms with Crippen LogP contribution in [0.1, 0.15) is 6.92 Å². The van der Waals surface area contributed by atoms with Crippen LogP contribution in [0.3, 0.4) is 0 Å². The van der Waals surface area contributed by atoms with Crippen molar-refractivity contribution in [3.05, 3.63) is 54.6 Å². The van der Waals surface area contributed by atoms with E-state index in [1.165, 1.54) is 36.2 Å². The summed E-state index contributed by atoms with van der Waals surface area (Å²) in [7, 11) is 1.66. The lowest BCUT2D eigenvalue weighted by atomic mass is 10.1. The van der Waals surface area contributed by atoms with Crippen LogP contribution in [0, 0.1) is 0 Å². The van der Waals surface area contributed by atoms with Gasteiger partial charge < -0.3 is 15.3 Å². The highest BCUT2D eigenvalue weighted by molar-refractivity contribution is 5.89. The zero-order valence-corrected chi connectivity index (χ0v) is 13.0. The summed E-state index contributed by atoms with van der Waals surface area (Å²) in [5.74, 6) is 0.0666. The van der Waals surface area contributed by atoms with Crippen LogP contribution in [0.2, 0.25) is 0 Å². The number of hydrogen-bond acceptors (Lipinski definition) is 5. The monoisotopic (exact) mass is 316 g/mol. The summed E-state index contributed by atoms with van der Waals surface area (Å²) in [5.41, 5.74) is -0.379. The smallest absolute Gasteiger partial charge is 0.274 e. The first kappa shape index (κ1) is 16.6. The molecule has 0 aromatic heterocycles. The first-order chi connectivity index (χ1) is 10.8. The molecule has 0 radical (unpaired) electrons. The molecule has 1 unspecified atom stereocenters. The molecule has 1 amide bonds. The third kappa shape index (κ3) is 3.92. The lowest BCUT2D eigenvalue weighted by molar-refractivity contribution is -0.140. The summed E-state index contributed by atoms with van der Waals surface area (Å²) in [4.78, 5) is 11.6. The number of benzene rings is 2. The second-order valence-electron chi connectivity index (χ2n) is 5.51. The van der Waals surface area contributed by atoms with Crippen LogP contribution in [-0.2, 0) is 4.79 Å². The molecule has 1 fully saturated rings. The number of carbonyl (C=O) groups excluding carboxylic acids is 1. The second kappa shape index (κ2) is 6.58. The molecule has 6 nitrogen and oxygen atoms in total. The van der Waals surface area contributed by atoms with Crippen LogP contribution < -0.4 is 5.01 Å². The molecule has 2 aromatic carbocycles. The van der Waals surface area contributed by atoms with Gasteiger partial charge in [-0.2, -0.15) is 0 Å². The van der Waals surface area contributed by atoms with Crippen LogP contribution in [0.25, 0.3) is 0 Å². The fourth-order valence-corrected chi connectivity index (χ4v) is 2.24. The minimum Gasteiger partial charge on any atom is -0.508 e. The number of amides is 1. The van der Waals surface area contributed by atoms with Crippen molar-refractivity contribution >= 4 is 11.6 Å². The third-order valence-corrected chi connectivity index (χ3v) is 3.48. The van der Waals surface area contributed by atoms with Gasteiger partial charge in [-0.05, 0) is 43.3 Å². The van der Waals surface area contributed by atoms with Crippen LogP contribution in [0.15, 0.2) is 54.6 Å². The van der Waals surface area contributed by atoms with Crippen LogP contribution >= 0.6 is 0 Å². The Morgan fingerprint density at radius 2 is 1.43 bits per heavy atom. The topological polar surface area (TPSA) is 84.2 Å². The van der Waals surface area contributed by atoms with E-state index in [0.717, 1.165) is 5.69 Å². The molecule has 3 rings (SSSR count). The average molecular weight is 316 g/mol. The van der Waals surface area contributed by atoms with E-state index >= 15 is 0 Å². The predicted octanol–water partition coefficient (Wildman–Crippen LogP) is 1.73. The van der Waals surface area contributed by atoms with Gasteiger partial charge >= 0.3 is 0 Å². The Balaban J connectivity index is 0.000000203. The number of likely N-dealkylation sites (N-methyl/N-ethyl adjacent to an activating group) is 1. The maximum absolute atomic E-state index is 11.6. The standard InChI is InChI=1S/C11H14N2O2.C6H6O2/c1-11(15)8-13(12(2)10(11)14)9-6-4-3-5-7-9;7-5-1-2-6(8)4-3-5/h3-7,15H,8H2,1-2H3;1-4,7-8H. The second-order valence-corrected chi connectivity index (χ2v) is 5.51. The lowest BCUT2D eigenvalue weighted by Gasteiger charge is -2.25. The molecule has 1 atom stereocenters. The van der Waals surface area contributed by atoms with E-state index in [1.807, 2.05) is 30.3 Å². The van der Waals surface area contributed by atoms with Gasteiger partial charge in [-0.25, -0.2) is 0 Å². The molecule has 23 heavy (non-hydrogen) atoms. The molecular formula is C17H20N2O4. The molecule has 0 saturated carbocycles. The Morgan fingerprint density at radius 3 is 1.83 bits per heavy atom. The number of phenols is 2. The summed E-state index contributed by atoms with van der Waals surface area (Å²) in [6, 6.07) is 15.2. The number of hydrogen-bond donors (Lipinski definition) is 3. The minimum absolute atomic E-state index is 0.169. The Bertz CT molecular complexity index is 635. The molecule has 1 aliphatic rings. The minimum atomic E-state index is -1.29. The van der Waals surface area contributed by atoms with Gasteiger partial charge in [-0.1, -0.05) is 18.2 Å². The number of aromatic hydroxyl groups is 2. The molecule has 2 aromatic rings. The third-order valence-electron chi connectivity index (χ3n) is 3.48. The van der Waals surface area contributed by atoms with Crippen LogP contribution in [0.4, 0.5) is 5.69 Å². The fourth-order valence-electron chi connectivity index (χ4n) is 2.24. The highest BCUT2D eigenvalue weighted by Crippen LogP contribution is 2.26. The molecule has 0 bridgehead atoms. The van der Waals surface area contributed by atoms with E-state index in [4.69, 9.17) is 10.2 Å². The first-order valence-electron chi connectivity index (χ1n) is 7.12. The Kier molecular flexibility index (Phi) is 4.76. The number of carbonyl (C=O) groups is 1. The van der Waals surface area contributed by atoms with Crippen LogP contribution in [0.5, 0.6) is 11.5 Å². The van der Waals surface area contributed by atoms with Crippen molar-refractivity contribution in [3.8, 4) is 11.5 Å². The predicted molar refractivity (Wildman–Crippen MR) is 87.0 cm³/mol. The number of aliphatic hydroxyl groups is 1. The van der Waals surface area contributed by atoms with Crippen molar-refractivity contribution in [2.45, 2.75) is 12.5 Å². The van der Waals surface area contributed by atoms with Gasteiger partial charge in [0.1, 0.15) is 11.5 Å². The number of nitrogens with zero attached hydrogens (tertiary/aromatic N) is 2. The summed E-state index contributed by atoms with van der Waals surface area (Å²) in [6.07, 6.45) is 0. The van der Waals surface area contributed by atoms with Crippen molar-refractivity contribution in [1.29, 1.82) is 0 Å². The largest absolute Gasteiger partial charge is 0.508 e. The Labute approximate surface area is 134 Å². The van der Waals surface area contributed by atoms with E-state index in [2.05, 4.69) is 0 Å². The fraction of sp³-hybridized carbons (Fsp3) is 0.235. The molecule has 1 heterocycles. The number of rotatable bonds is 1. The first-order valence-corrected chi connectivity index (χ1v) is 7.12. The normalized spacial score (nSPS) is 20.2. The van der Waals surface area contributed by atoms with Gasteiger partial charge in [-0.3, -0.25) is 14.8 Å². The van der Waals surface area contributed by atoms with Crippen molar-refractivity contribution in [3.63, 3.8) is 0 Å². The van der Waals surface area contributed by atoms with Gasteiger partial charge in [0, 0.05) is 7.05 Å². The molecule has 0 spiro atoms. The molecule has 1 aliphatic heterocycles. The van der Waals surface area contributed by atoms with Gasteiger partial charge in [0.25, 0.3) is 5.91 Å². The highest BCUT2D eigenvalue weighted by atomic mass is 16.3. The summed E-state index contributed by atoms with van der Waals surface area (Å²) < 4.78 is 0. The van der Waals surface area contributed by atoms with E-state index in [1.54, 1.807) is 12.1 Å². The van der Waals surface area contributed by atoms with Gasteiger partial charge in [0.15, 0.2) is 5.60 Å². The molecule has 3 N–H and O–H groups in total. The molecular weight excluding hydrogens is 296 g/mol. The van der Waals surface area contributed by atoms with E-state index in [-0.39, 0.29) is 17.4 Å². The maximum atomic E-state index is 11.6. The van der Waals surface area contributed by atoms with E-state index < -0.39 is 5.60 Å². The zero-order chi connectivity index (χ0) is 17.0. The van der Waals surface area contributed by atoms with Crippen molar-refractivity contribution < 1.29 is 20.1 Å². The quantitative estimate of drug-likeness (QED) is 0.698. The van der Waals surface area contributed by atoms with Crippen molar-refractivity contribution in [1.82, 2.24) is 5.01 Å². The van der Waals surface area contributed by atoms with Gasteiger partial charge in [0.05, 0.1) is 12.2 Å². The van der Waals surface area contributed by atoms with E-state index in [9.17, 15) is 9.90 Å². The molecule has 0 aliphatic carbocycles. The lowest BCUT2D eigenvalue weighted by Crippen LogP contribution is -2.37. The number of β-amino-alcohol motifs (C(OH)–C–C–N with tert-alkyl or cyclic N) is 1. The molecule has 122 valence electrons. The number of phenolic OH excluding ortho intramolecular Hbond substituents is 2. The van der Waals surface area contributed by atoms with Crippen molar-refractivity contribution in [2.24, 2.45) is 0 Å². The number of hydrazine groups is 1. The molecule has 1 saturated heterocycles. The van der Waals surface area contributed by atoms with Gasteiger partial charge in [-0.15, -0.1) is 0 Å².